The van der Waals surface area contributed by atoms with E-state index in [1.165, 1.54) is 18.2 Å². The summed E-state index contributed by atoms with van der Waals surface area (Å²) in [5.41, 5.74) is 8.91. The van der Waals surface area contributed by atoms with Crippen molar-refractivity contribution >= 4 is 34.4 Å². The molecule has 1 aromatic carbocycles. The fraction of sp³-hybridized carbons (Fsp3) is 0.238. The molecule has 0 saturated heterocycles. The third-order valence-electron chi connectivity index (χ3n) is 3.13. The second-order valence-electron chi connectivity index (χ2n) is 5.34. The summed E-state index contributed by atoms with van der Waals surface area (Å²) in [6.07, 6.45) is 7.06. The SMILES string of the molecule is C=C/C(=C\C=C(C)C)c1cnc(Cl)nc1Nc1cc(N)ccc1F.CC.CF. The molecule has 1 heterocycles. The van der Waals surface area contributed by atoms with E-state index in [9.17, 15) is 8.78 Å². The Morgan fingerprint density at radius 2 is 1.86 bits per heavy atom. The average molecular weight is 409 g/mol. The third-order valence-corrected chi connectivity index (χ3v) is 3.31. The Labute approximate surface area is 170 Å². The first-order chi connectivity index (χ1) is 13.4. The molecule has 0 bridgehead atoms. The molecular weight excluding hydrogens is 382 g/mol. The van der Waals surface area contributed by atoms with Crippen LogP contribution in [0.5, 0.6) is 0 Å². The van der Waals surface area contributed by atoms with E-state index in [2.05, 4.69) is 21.9 Å². The lowest BCUT2D eigenvalue weighted by Gasteiger charge is -2.12. The highest BCUT2D eigenvalue weighted by molar-refractivity contribution is 6.28. The number of alkyl halides is 1. The predicted molar refractivity (Wildman–Crippen MR) is 117 cm³/mol. The molecule has 0 aliphatic rings. The number of anilines is 3. The molecule has 0 fully saturated rings. The number of nitrogen functional groups attached to an aromatic ring is 1. The molecule has 0 aliphatic carbocycles. The zero-order chi connectivity index (χ0) is 21.7. The molecule has 152 valence electrons. The predicted octanol–water partition coefficient (Wildman–Crippen LogP) is 6.74. The van der Waals surface area contributed by atoms with Crippen LogP contribution in [0.3, 0.4) is 0 Å². The number of rotatable bonds is 5. The highest BCUT2D eigenvalue weighted by Gasteiger charge is 2.12. The Hall–Kier alpha value is -2.73. The van der Waals surface area contributed by atoms with Crippen molar-refractivity contribution in [1.82, 2.24) is 9.97 Å². The number of nitrogens with two attached hydrogens (primary N) is 1. The standard InChI is InChI=1S/C18H18ClFN4.C2H6.CH3F/c1-4-12(6-5-11(2)3)14-10-22-18(19)24-17(14)23-16-9-13(21)7-8-15(16)20;2*1-2/h4-10H,1,21H2,2-3H3,(H,22,23,24);1-2H3;1H3/b12-6+;;. The summed E-state index contributed by atoms with van der Waals surface area (Å²) in [5, 5.41) is 2.98. The molecule has 3 N–H and O–H groups in total. The van der Waals surface area contributed by atoms with Crippen LogP contribution in [-0.2, 0) is 0 Å². The van der Waals surface area contributed by atoms with Gasteiger partial charge in [0.25, 0.3) is 0 Å². The molecule has 28 heavy (non-hydrogen) atoms. The lowest BCUT2D eigenvalue weighted by molar-refractivity contribution is 0.632. The molecule has 0 spiro atoms. The van der Waals surface area contributed by atoms with Crippen molar-refractivity contribution in [2.75, 3.05) is 18.2 Å². The van der Waals surface area contributed by atoms with Crippen molar-refractivity contribution < 1.29 is 8.78 Å². The van der Waals surface area contributed by atoms with E-state index in [1.807, 2.05) is 39.8 Å². The van der Waals surface area contributed by atoms with E-state index in [1.54, 1.807) is 12.3 Å². The zero-order valence-electron chi connectivity index (χ0n) is 16.9. The van der Waals surface area contributed by atoms with Crippen LogP contribution in [0.25, 0.3) is 5.57 Å². The Morgan fingerprint density at radius 3 is 2.43 bits per heavy atom. The van der Waals surface area contributed by atoms with Crippen LogP contribution in [0.1, 0.15) is 33.3 Å². The summed E-state index contributed by atoms with van der Waals surface area (Å²) in [5.74, 6) is -0.0777. The minimum absolute atomic E-state index is 0.0520. The van der Waals surface area contributed by atoms with Crippen LogP contribution in [0.15, 0.2) is 54.8 Å². The minimum atomic E-state index is -0.446. The first-order valence-electron chi connectivity index (χ1n) is 8.61. The molecule has 1 aromatic heterocycles. The Balaban J connectivity index is 0.00000171. The maximum Gasteiger partial charge on any atom is 0.224 e. The number of hydrogen-bond acceptors (Lipinski definition) is 4. The van der Waals surface area contributed by atoms with Crippen LogP contribution in [0, 0.1) is 5.82 Å². The van der Waals surface area contributed by atoms with Gasteiger partial charge in [-0.05, 0) is 49.2 Å². The summed E-state index contributed by atoms with van der Waals surface area (Å²) in [6.45, 7) is 11.8. The number of allylic oxidation sites excluding steroid dienone is 5. The van der Waals surface area contributed by atoms with Gasteiger partial charge in [-0.1, -0.05) is 44.2 Å². The average Bonchev–Trinajstić information content (AvgIpc) is 2.69. The van der Waals surface area contributed by atoms with Gasteiger partial charge in [-0.2, -0.15) is 4.98 Å². The Kier molecular flexibility index (Phi) is 12.1. The van der Waals surface area contributed by atoms with Gasteiger partial charge in [0.2, 0.25) is 5.28 Å². The van der Waals surface area contributed by atoms with Gasteiger partial charge >= 0.3 is 0 Å². The number of halogens is 3. The van der Waals surface area contributed by atoms with Crippen molar-refractivity contribution in [3.8, 4) is 0 Å². The van der Waals surface area contributed by atoms with Gasteiger partial charge in [0.15, 0.2) is 0 Å². The van der Waals surface area contributed by atoms with Gasteiger partial charge in [-0.15, -0.1) is 0 Å². The van der Waals surface area contributed by atoms with E-state index in [-0.39, 0.29) is 11.0 Å². The van der Waals surface area contributed by atoms with Crippen molar-refractivity contribution in [3.05, 3.63) is 71.4 Å². The van der Waals surface area contributed by atoms with Gasteiger partial charge in [0.05, 0.1) is 12.9 Å². The topological polar surface area (TPSA) is 63.8 Å². The maximum atomic E-state index is 14.0. The number of aromatic nitrogens is 2. The molecule has 0 saturated carbocycles. The van der Waals surface area contributed by atoms with Crippen LogP contribution in [0.4, 0.5) is 26.0 Å². The number of hydrogen-bond donors (Lipinski definition) is 2. The fourth-order valence-electron chi connectivity index (χ4n) is 1.96. The molecule has 4 nitrogen and oxygen atoms in total. The number of nitrogens with zero attached hydrogens (tertiary/aromatic N) is 2. The number of nitrogens with one attached hydrogen (secondary N) is 1. The lowest BCUT2D eigenvalue weighted by Crippen LogP contribution is -2.02. The quantitative estimate of drug-likeness (QED) is 0.326. The van der Waals surface area contributed by atoms with Crippen LogP contribution in [0.2, 0.25) is 5.28 Å². The molecule has 2 aromatic rings. The summed E-state index contributed by atoms with van der Waals surface area (Å²) >= 11 is 5.89. The Bertz CT molecular complexity index is 829. The van der Waals surface area contributed by atoms with E-state index in [0.717, 1.165) is 11.1 Å². The second-order valence-corrected chi connectivity index (χ2v) is 5.67. The van der Waals surface area contributed by atoms with E-state index < -0.39 is 5.82 Å². The molecule has 7 heteroatoms. The zero-order valence-corrected chi connectivity index (χ0v) is 17.6. The summed E-state index contributed by atoms with van der Waals surface area (Å²) in [6, 6.07) is 4.26. The monoisotopic (exact) mass is 408 g/mol. The normalized spacial score (nSPS) is 9.93. The molecule has 0 amide bonds. The molecule has 0 aliphatic heterocycles. The largest absolute Gasteiger partial charge is 0.399 e. The van der Waals surface area contributed by atoms with Gasteiger partial charge in [-0.3, -0.25) is 4.39 Å². The molecule has 0 radical (unpaired) electrons. The second kappa shape index (κ2) is 13.4. The molecule has 0 unspecified atom stereocenters. The lowest BCUT2D eigenvalue weighted by atomic mass is 10.1. The van der Waals surface area contributed by atoms with Crippen molar-refractivity contribution in [2.45, 2.75) is 27.7 Å². The van der Waals surface area contributed by atoms with Crippen molar-refractivity contribution in [3.63, 3.8) is 0 Å². The van der Waals surface area contributed by atoms with Gasteiger partial charge in [-0.25, -0.2) is 9.37 Å². The summed E-state index contributed by atoms with van der Waals surface area (Å²) in [4.78, 5) is 8.17. The first-order valence-corrected chi connectivity index (χ1v) is 8.99. The molecular formula is C21H27ClF2N4. The molecule has 2 rings (SSSR count). The van der Waals surface area contributed by atoms with Crippen LogP contribution >= 0.6 is 11.6 Å². The van der Waals surface area contributed by atoms with Crippen molar-refractivity contribution in [1.29, 1.82) is 0 Å². The van der Waals surface area contributed by atoms with Gasteiger partial charge in [0, 0.05) is 17.4 Å². The van der Waals surface area contributed by atoms with Gasteiger partial charge < -0.3 is 11.1 Å². The minimum Gasteiger partial charge on any atom is -0.399 e. The molecule has 0 atom stereocenters. The summed E-state index contributed by atoms with van der Waals surface area (Å²) < 4.78 is 23.5. The maximum absolute atomic E-state index is 14.0. The van der Waals surface area contributed by atoms with Gasteiger partial charge in [0.1, 0.15) is 11.6 Å². The Morgan fingerprint density at radius 1 is 1.21 bits per heavy atom. The highest BCUT2D eigenvalue weighted by Crippen LogP contribution is 2.28. The van der Waals surface area contributed by atoms with E-state index in [4.69, 9.17) is 17.3 Å². The highest BCUT2D eigenvalue weighted by atomic mass is 35.5. The number of benzene rings is 1. The summed E-state index contributed by atoms with van der Waals surface area (Å²) in [7, 11) is 0.500. The first kappa shape index (κ1) is 25.3. The van der Waals surface area contributed by atoms with Crippen LogP contribution in [-0.4, -0.2) is 17.1 Å². The third kappa shape index (κ3) is 7.88. The van der Waals surface area contributed by atoms with Crippen molar-refractivity contribution in [2.24, 2.45) is 0 Å². The van der Waals surface area contributed by atoms with E-state index >= 15 is 0 Å². The fourth-order valence-corrected chi connectivity index (χ4v) is 2.09. The van der Waals surface area contributed by atoms with Crippen LogP contribution < -0.4 is 11.1 Å². The smallest absolute Gasteiger partial charge is 0.224 e. The van der Waals surface area contributed by atoms with E-state index in [0.29, 0.717) is 24.2 Å².